The molecule has 3 fully saturated rings. The fraction of sp³-hybridized carbons (Fsp3) is 0.370. The molecule has 0 spiro atoms. The van der Waals surface area contributed by atoms with E-state index in [0.29, 0.717) is 28.6 Å². The number of hydrogen-bond acceptors (Lipinski definition) is 6. The van der Waals surface area contributed by atoms with Crippen LogP contribution in [0.15, 0.2) is 55.3 Å². The fourth-order valence-electron chi connectivity index (χ4n) is 6.24. The van der Waals surface area contributed by atoms with Gasteiger partial charge in [-0.15, -0.1) is 6.58 Å². The van der Waals surface area contributed by atoms with Gasteiger partial charge in [0.15, 0.2) is 17.2 Å². The topological polar surface area (TPSA) is 103 Å². The van der Waals surface area contributed by atoms with Crippen molar-refractivity contribution in [1.29, 1.82) is 0 Å². The minimum Gasteiger partial charge on any atom is -0.504 e. The van der Waals surface area contributed by atoms with Gasteiger partial charge in [0.1, 0.15) is 24.4 Å². The van der Waals surface area contributed by atoms with E-state index >= 15 is 0 Å². The van der Waals surface area contributed by atoms with Crippen LogP contribution in [0.3, 0.4) is 0 Å². The number of ether oxygens (including phenoxy) is 1. The normalized spacial score (nSPS) is 26.9. The van der Waals surface area contributed by atoms with Gasteiger partial charge in [0.05, 0.1) is 25.7 Å². The maximum Gasteiger partial charge on any atom is 0.200 e. The third-order valence-electron chi connectivity index (χ3n) is 7.97. The van der Waals surface area contributed by atoms with E-state index in [2.05, 4.69) is 11.6 Å². The van der Waals surface area contributed by atoms with Gasteiger partial charge in [-0.05, 0) is 47.9 Å². The third kappa shape index (κ3) is 3.65. The third-order valence-corrected chi connectivity index (χ3v) is 7.97. The molecule has 0 radical (unpaired) electrons. The highest BCUT2D eigenvalue weighted by Gasteiger charge is 2.54. The Kier molecular flexibility index (Phi) is 5.62. The highest BCUT2D eigenvalue weighted by Crippen LogP contribution is 2.49. The van der Waals surface area contributed by atoms with Crippen LogP contribution in [0.5, 0.6) is 23.0 Å². The van der Waals surface area contributed by atoms with Gasteiger partial charge in [-0.1, -0.05) is 6.08 Å². The molecular formula is C27H31N2O5+. The Labute approximate surface area is 198 Å². The summed E-state index contributed by atoms with van der Waals surface area (Å²) in [5.41, 5.74) is 2.34. The summed E-state index contributed by atoms with van der Waals surface area (Å²) in [5, 5.41) is 42.7. The van der Waals surface area contributed by atoms with E-state index in [1.807, 2.05) is 30.3 Å². The minimum absolute atomic E-state index is 0.0789. The van der Waals surface area contributed by atoms with Crippen molar-refractivity contribution in [3.63, 3.8) is 0 Å². The molecule has 34 heavy (non-hydrogen) atoms. The van der Waals surface area contributed by atoms with Crippen LogP contribution in [-0.4, -0.2) is 56.1 Å². The number of fused-ring (bicyclic) bond motifs is 4. The van der Waals surface area contributed by atoms with Crippen molar-refractivity contribution in [1.82, 2.24) is 4.98 Å². The summed E-state index contributed by atoms with van der Waals surface area (Å²) in [7, 11) is 1.62. The van der Waals surface area contributed by atoms with Gasteiger partial charge in [-0.3, -0.25) is 4.98 Å². The molecule has 3 aliphatic heterocycles. The first kappa shape index (κ1) is 22.5. The van der Waals surface area contributed by atoms with E-state index in [1.54, 1.807) is 13.3 Å². The summed E-state index contributed by atoms with van der Waals surface area (Å²) < 4.78 is 6.04. The smallest absolute Gasteiger partial charge is 0.200 e. The summed E-state index contributed by atoms with van der Waals surface area (Å²) in [4.78, 5) is 4.47. The van der Waals surface area contributed by atoms with Gasteiger partial charge in [0.25, 0.3) is 0 Å². The SMILES string of the molecule is C=CC1C[N+]2(Cc3cc(O)c(O)c(O)c3)CCC1C[C@H]2[C@H](O)c1ccnc2ccc(OC)cc12. The lowest BCUT2D eigenvalue weighted by Gasteiger charge is -2.58. The molecule has 3 aromatic rings. The van der Waals surface area contributed by atoms with Crippen LogP contribution >= 0.6 is 0 Å². The summed E-state index contributed by atoms with van der Waals surface area (Å²) in [5.74, 6) is 0.311. The molecule has 2 bridgehead atoms. The number of aliphatic hydroxyl groups is 1. The summed E-state index contributed by atoms with van der Waals surface area (Å²) in [6.07, 6.45) is 4.91. The maximum atomic E-state index is 11.8. The molecule has 0 aliphatic carbocycles. The second-order valence-corrected chi connectivity index (χ2v) is 9.74. The fourth-order valence-corrected chi connectivity index (χ4v) is 6.24. The molecule has 7 heteroatoms. The number of quaternary nitrogens is 1. The highest BCUT2D eigenvalue weighted by molar-refractivity contribution is 5.83. The Bertz CT molecular complexity index is 1220. The highest BCUT2D eigenvalue weighted by atomic mass is 16.5. The zero-order valence-corrected chi connectivity index (χ0v) is 19.3. The molecule has 6 rings (SSSR count). The van der Waals surface area contributed by atoms with E-state index in [9.17, 15) is 20.4 Å². The predicted octanol–water partition coefficient (Wildman–Crippen LogP) is 4.01. The molecule has 178 valence electrons. The van der Waals surface area contributed by atoms with Crippen LogP contribution in [0.25, 0.3) is 10.9 Å². The first-order chi connectivity index (χ1) is 16.3. The molecule has 4 heterocycles. The van der Waals surface area contributed by atoms with E-state index < -0.39 is 11.9 Å². The number of hydrogen-bond donors (Lipinski definition) is 4. The molecule has 4 N–H and O–H groups in total. The molecule has 5 atom stereocenters. The molecule has 3 saturated heterocycles. The molecular weight excluding hydrogens is 432 g/mol. The molecule has 0 amide bonds. The van der Waals surface area contributed by atoms with E-state index in [0.717, 1.165) is 48.0 Å². The van der Waals surface area contributed by atoms with Crippen LogP contribution in [0.2, 0.25) is 0 Å². The zero-order chi connectivity index (χ0) is 24.0. The lowest BCUT2D eigenvalue weighted by atomic mass is 9.71. The number of pyridine rings is 1. The number of benzene rings is 2. The number of nitrogens with zero attached hydrogens (tertiary/aromatic N) is 2. The van der Waals surface area contributed by atoms with Gasteiger partial charge in [0, 0.05) is 35.9 Å². The largest absolute Gasteiger partial charge is 0.504 e. The second-order valence-electron chi connectivity index (χ2n) is 9.74. The number of phenolic OH excluding ortho intramolecular Hbond substituents is 3. The van der Waals surface area contributed by atoms with Crippen molar-refractivity contribution in [3.8, 4) is 23.0 Å². The molecule has 3 unspecified atom stereocenters. The Balaban J connectivity index is 1.57. The quantitative estimate of drug-likeness (QED) is 0.250. The molecule has 2 aromatic carbocycles. The van der Waals surface area contributed by atoms with Crippen molar-refractivity contribution in [2.24, 2.45) is 11.8 Å². The van der Waals surface area contributed by atoms with Crippen molar-refractivity contribution < 1.29 is 29.6 Å². The van der Waals surface area contributed by atoms with Crippen LogP contribution < -0.4 is 4.74 Å². The first-order valence-corrected chi connectivity index (χ1v) is 11.7. The van der Waals surface area contributed by atoms with E-state index in [1.165, 1.54) is 12.1 Å². The van der Waals surface area contributed by atoms with E-state index in [-0.39, 0.29) is 17.5 Å². The first-order valence-electron chi connectivity index (χ1n) is 11.7. The average Bonchev–Trinajstić information content (AvgIpc) is 2.86. The number of phenols is 3. The van der Waals surface area contributed by atoms with Crippen LogP contribution in [0.1, 0.15) is 30.1 Å². The van der Waals surface area contributed by atoms with Crippen molar-refractivity contribution in [3.05, 3.63) is 66.4 Å². The Hall–Kier alpha value is -3.29. The molecule has 7 nitrogen and oxygen atoms in total. The van der Waals surface area contributed by atoms with Crippen molar-refractivity contribution >= 4 is 10.9 Å². The zero-order valence-electron chi connectivity index (χ0n) is 19.3. The van der Waals surface area contributed by atoms with Crippen LogP contribution in [0.4, 0.5) is 0 Å². The Morgan fingerprint density at radius 2 is 1.94 bits per heavy atom. The monoisotopic (exact) mass is 463 g/mol. The lowest BCUT2D eigenvalue weighted by Crippen LogP contribution is -2.67. The summed E-state index contributed by atoms with van der Waals surface area (Å²) >= 11 is 0. The van der Waals surface area contributed by atoms with Crippen molar-refractivity contribution in [2.45, 2.75) is 31.5 Å². The van der Waals surface area contributed by atoms with Gasteiger partial charge < -0.3 is 29.6 Å². The van der Waals surface area contributed by atoms with Gasteiger partial charge >= 0.3 is 0 Å². The number of aromatic hydroxyl groups is 3. The number of piperidine rings is 3. The summed E-state index contributed by atoms with van der Waals surface area (Å²) in [6.45, 7) is 6.29. The van der Waals surface area contributed by atoms with Gasteiger partial charge in [-0.25, -0.2) is 0 Å². The lowest BCUT2D eigenvalue weighted by molar-refractivity contribution is -0.984. The molecule has 3 aliphatic rings. The molecule has 0 saturated carbocycles. The maximum absolute atomic E-state index is 11.8. The number of methoxy groups -OCH3 is 1. The summed E-state index contributed by atoms with van der Waals surface area (Å²) in [6, 6.07) is 10.5. The van der Waals surface area contributed by atoms with Crippen molar-refractivity contribution in [2.75, 3.05) is 20.2 Å². The van der Waals surface area contributed by atoms with Crippen LogP contribution in [0, 0.1) is 11.8 Å². The van der Waals surface area contributed by atoms with Gasteiger partial charge in [-0.2, -0.15) is 0 Å². The number of rotatable bonds is 6. The Morgan fingerprint density at radius 3 is 2.65 bits per heavy atom. The minimum atomic E-state index is -0.731. The predicted molar refractivity (Wildman–Crippen MR) is 129 cm³/mol. The number of aromatic nitrogens is 1. The second kappa shape index (κ2) is 8.49. The standard InChI is InChI=1S/C27H30N2O5/c1-3-17-15-29(14-16-10-24(30)27(33)25(31)11-16)9-7-18(17)12-23(29)26(32)20-6-8-28-22-5-4-19(34-2)13-21(20)22/h3-6,8,10-11,13,17-18,23,26,32H,1,7,9,12,14-15H2,2H3,(H2-,30,31,33)/p+1/t17?,18?,23-,26+,29?/m0/s1. The molecule has 1 aromatic heterocycles. The van der Waals surface area contributed by atoms with Crippen LogP contribution in [-0.2, 0) is 6.54 Å². The van der Waals surface area contributed by atoms with E-state index in [4.69, 9.17) is 4.74 Å². The Morgan fingerprint density at radius 1 is 1.18 bits per heavy atom. The average molecular weight is 464 g/mol. The number of aliphatic hydroxyl groups excluding tert-OH is 1. The van der Waals surface area contributed by atoms with Gasteiger partial charge in [0.2, 0.25) is 0 Å².